The van der Waals surface area contributed by atoms with Gasteiger partial charge < -0.3 is 10.3 Å². The first-order valence-electron chi connectivity index (χ1n) is 6.38. The molecule has 0 spiro atoms. The molecule has 5 nitrogen and oxygen atoms in total. The maximum atomic E-state index is 11.8. The summed E-state index contributed by atoms with van der Waals surface area (Å²) in [5, 5.41) is 2.83. The van der Waals surface area contributed by atoms with E-state index in [-0.39, 0.29) is 16.5 Å². The van der Waals surface area contributed by atoms with Gasteiger partial charge in [-0.3, -0.25) is 4.79 Å². The van der Waals surface area contributed by atoms with Crippen LogP contribution in [0.4, 0.5) is 0 Å². The Labute approximate surface area is 117 Å². The Kier molecular flexibility index (Phi) is 4.52. The van der Waals surface area contributed by atoms with Crippen LogP contribution in [0.25, 0.3) is 0 Å². The van der Waals surface area contributed by atoms with Gasteiger partial charge in [-0.15, -0.1) is 0 Å². The summed E-state index contributed by atoms with van der Waals surface area (Å²) in [6, 6.07) is 1.25. The summed E-state index contributed by atoms with van der Waals surface area (Å²) in [5.74, 6) is 0.237. The molecule has 0 radical (unpaired) electrons. The molecule has 106 valence electrons. The van der Waals surface area contributed by atoms with Crippen molar-refractivity contribution < 1.29 is 13.2 Å². The Morgan fingerprint density at radius 2 is 2.05 bits per heavy atom. The summed E-state index contributed by atoms with van der Waals surface area (Å²) < 4.78 is 22.2. The minimum atomic E-state index is -3.79. The standard InChI is InChI=1S/C12H17ClN2O3S/c13-19(17,18)10-6-11(14-8-10)12(16)15-7-9-4-2-1-3-5-9/h6,8-9,14H,1-5,7H2,(H,15,16). The van der Waals surface area contributed by atoms with Gasteiger partial charge >= 0.3 is 0 Å². The second kappa shape index (κ2) is 5.96. The first-order chi connectivity index (χ1) is 8.97. The molecule has 0 atom stereocenters. The normalized spacial score (nSPS) is 17.3. The first-order valence-corrected chi connectivity index (χ1v) is 8.69. The summed E-state index contributed by atoms with van der Waals surface area (Å²) in [5.41, 5.74) is 0.218. The number of aromatic amines is 1. The van der Waals surface area contributed by atoms with Gasteiger partial charge in [0.05, 0.1) is 0 Å². The maximum absolute atomic E-state index is 11.8. The second-order valence-corrected chi connectivity index (χ2v) is 7.47. The summed E-state index contributed by atoms with van der Waals surface area (Å²) in [6.45, 7) is 0.640. The SMILES string of the molecule is O=C(NCC1CCCCC1)c1cc(S(=O)(=O)Cl)c[nH]1. The smallest absolute Gasteiger partial charge is 0.267 e. The molecule has 1 aromatic rings. The van der Waals surface area contributed by atoms with E-state index in [1.165, 1.54) is 31.5 Å². The fourth-order valence-corrected chi connectivity index (χ4v) is 3.10. The zero-order valence-electron chi connectivity index (χ0n) is 10.5. The van der Waals surface area contributed by atoms with Crippen molar-refractivity contribution >= 4 is 25.6 Å². The average molecular weight is 305 g/mol. The number of halogens is 1. The van der Waals surface area contributed by atoms with E-state index in [1.807, 2.05) is 0 Å². The van der Waals surface area contributed by atoms with E-state index in [0.29, 0.717) is 12.5 Å². The first kappa shape index (κ1) is 14.4. The van der Waals surface area contributed by atoms with Crippen LogP contribution < -0.4 is 5.32 Å². The summed E-state index contributed by atoms with van der Waals surface area (Å²) in [6.07, 6.45) is 7.23. The van der Waals surface area contributed by atoms with Crippen molar-refractivity contribution in [2.45, 2.75) is 37.0 Å². The molecule has 0 aromatic carbocycles. The Hall–Kier alpha value is -1.01. The zero-order chi connectivity index (χ0) is 13.9. The van der Waals surface area contributed by atoms with Gasteiger partial charge in [-0.25, -0.2) is 8.42 Å². The number of hydrogen-bond donors (Lipinski definition) is 2. The van der Waals surface area contributed by atoms with Gasteiger partial charge in [0, 0.05) is 23.4 Å². The average Bonchev–Trinajstić information content (AvgIpc) is 2.87. The van der Waals surface area contributed by atoms with Crippen molar-refractivity contribution in [2.24, 2.45) is 5.92 Å². The Bertz CT molecular complexity index is 547. The molecule has 19 heavy (non-hydrogen) atoms. The molecule has 1 amide bonds. The molecule has 0 aliphatic heterocycles. The molecule has 1 heterocycles. The minimum Gasteiger partial charge on any atom is -0.356 e. The molecule has 2 rings (SSSR count). The van der Waals surface area contributed by atoms with E-state index >= 15 is 0 Å². The van der Waals surface area contributed by atoms with Crippen LogP contribution in [0.1, 0.15) is 42.6 Å². The van der Waals surface area contributed by atoms with Crippen LogP contribution in [0, 0.1) is 5.92 Å². The van der Waals surface area contributed by atoms with E-state index in [0.717, 1.165) is 12.8 Å². The lowest BCUT2D eigenvalue weighted by atomic mass is 9.89. The van der Waals surface area contributed by atoms with Gasteiger partial charge in [0.2, 0.25) is 0 Å². The van der Waals surface area contributed by atoms with Crippen molar-refractivity contribution in [3.05, 3.63) is 18.0 Å². The Morgan fingerprint density at radius 3 is 2.63 bits per heavy atom. The summed E-state index contributed by atoms with van der Waals surface area (Å²) >= 11 is 0. The van der Waals surface area contributed by atoms with Gasteiger partial charge in [-0.05, 0) is 24.8 Å². The molecule has 0 saturated heterocycles. The highest BCUT2D eigenvalue weighted by molar-refractivity contribution is 8.13. The molecule has 1 aliphatic rings. The lowest BCUT2D eigenvalue weighted by molar-refractivity contribution is 0.0939. The monoisotopic (exact) mass is 304 g/mol. The second-order valence-electron chi connectivity index (χ2n) is 4.90. The van der Waals surface area contributed by atoms with Crippen LogP contribution in [0.3, 0.4) is 0 Å². The highest BCUT2D eigenvalue weighted by atomic mass is 35.7. The Morgan fingerprint density at radius 1 is 1.37 bits per heavy atom. The van der Waals surface area contributed by atoms with Crippen molar-refractivity contribution in [3.63, 3.8) is 0 Å². The molecule has 0 bridgehead atoms. The van der Waals surface area contributed by atoms with E-state index in [2.05, 4.69) is 10.3 Å². The van der Waals surface area contributed by atoms with Crippen molar-refractivity contribution in [3.8, 4) is 0 Å². The molecule has 7 heteroatoms. The summed E-state index contributed by atoms with van der Waals surface area (Å²) in [4.78, 5) is 14.4. The number of rotatable bonds is 4. The van der Waals surface area contributed by atoms with Crippen LogP contribution in [0.2, 0.25) is 0 Å². The molecule has 0 unspecified atom stereocenters. The third-order valence-electron chi connectivity index (χ3n) is 3.46. The van der Waals surface area contributed by atoms with Crippen LogP contribution in [0.5, 0.6) is 0 Å². The molecule has 2 N–H and O–H groups in total. The van der Waals surface area contributed by atoms with Gasteiger partial charge in [-0.1, -0.05) is 19.3 Å². The number of carbonyl (C=O) groups is 1. The number of nitrogens with one attached hydrogen (secondary N) is 2. The number of aromatic nitrogens is 1. The lowest BCUT2D eigenvalue weighted by Gasteiger charge is -2.21. The van der Waals surface area contributed by atoms with Crippen molar-refractivity contribution in [2.75, 3.05) is 6.54 Å². The van der Waals surface area contributed by atoms with Crippen LogP contribution in [-0.4, -0.2) is 25.9 Å². The van der Waals surface area contributed by atoms with Gasteiger partial charge in [-0.2, -0.15) is 0 Å². The predicted molar refractivity (Wildman–Crippen MR) is 72.7 cm³/mol. The van der Waals surface area contributed by atoms with Crippen LogP contribution in [0.15, 0.2) is 17.2 Å². The van der Waals surface area contributed by atoms with E-state index in [9.17, 15) is 13.2 Å². The number of amides is 1. The van der Waals surface area contributed by atoms with Gasteiger partial charge in [0.25, 0.3) is 15.0 Å². The zero-order valence-corrected chi connectivity index (χ0v) is 12.1. The Balaban J connectivity index is 1.91. The summed E-state index contributed by atoms with van der Waals surface area (Å²) in [7, 11) is 1.41. The van der Waals surface area contributed by atoms with E-state index in [4.69, 9.17) is 10.7 Å². The minimum absolute atomic E-state index is 0.0861. The largest absolute Gasteiger partial charge is 0.356 e. The fraction of sp³-hybridized carbons (Fsp3) is 0.583. The number of H-pyrrole nitrogens is 1. The van der Waals surface area contributed by atoms with Crippen molar-refractivity contribution in [1.29, 1.82) is 0 Å². The van der Waals surface area contributed by atoms with E-state index in [1.54, 1.807) is 0 Å². The van der Waals surface area contributed by atoms with Crippen molar-refractivity contribution in [1.82, 2.24) is 10.3 Å². The highest BCUT2D eigenvalue weighted by Gasteiger charge is 2.18. The third kappa shape index (κ3) is 3.98. The van der Waals surface area contributed by atoms with Crippen LogP contribution >= 0.6 is 10.7 Å². The third-order valence-corrected chi connectivity index (χ3v) is 4.79. The quantitative estimate of drug-likeness (QED) is 0.837. The molecule has 1 aromatic heterocycles. The lowest BCUT2D eigenvalue weighted by Crippen LogP contribution is -2.30. The number of hydrogen-bond acceptors (Lipinski definition) is 3. The predicted octanol–water partition coefficient (Wildman–Crippen LogP) is 2.25. The van der Waals surface area contributed by atoms with E-state index < -0.39 is 9.05 Å². The topological polar surface area (TPSA) is 79.0 Å². The maximum Gasteiger partial charge on any atom is 0.267 e. The molecule has 1 aliphatic carbocycles. The molecule has 1 saturated carbocycles. The highest BCUT2D eigenvalue weighted by Crippen LogP contribution is 2.23. The molecular formula is C12H17ClN2O3S. The van der Waals surface area contributed by atoms with Crippen LogP contribution in [-0.2, 0) is 9.05 Å². The molecule has 1 fully saturated rings. The van der Waals surface area contributed by atoms with Gasteiger partial charge in [0.1, 0.15) is 10.6 Å². The molecular weight excluding hydrogens is 288 g/mol. The number of carbonyl (C=O) groups excluding carboxylic acids is 1. The van der Waals surface area contributed by atoms with Gasteiger partial charge in [0.15, 0.2) is 0 Å². The fourth-order valence-electron chi connectivity index (χ4n) is 2.37.